The van der Waals surface area contributed by atoms with E-state index >= 15 is 0 Å². The lowest BCUT2D eigenvalue weighted by molar-refractivity contribution is 0.00655. The molecule has 0 fully saturated rings. The van der Waals surface area contributed by atoms with Crippen molar-refractivity contribution in [2.45, 2.75) is 58.7 Å². The van der Waals surface area contributed by atoms with Crippen LogP contribution in [0.25, 0.3) is 0 Å². The Balaban J connectivity index is 3.77. The van der Waals surface area contributed by atoms with Gasteiger partial charge in [-0.1, -0.05) is 0 Å². The van der Waals surface area contributed by atoms with Crippen molar-refractivity contribution in [1.29, 1.82) is 0 Å². The molecular formula is C12H27NO2. The van der Waals surface area contributed by atoms with Gasteiger partial charge in [-0.25, -0.2) is 0 Å². The lowest BCUT2D eigenvalue weighted by Crippen LogP contribution is -2.41. The van der Waals surface area contributed by atoms with Crippen LogP contribution in [0.2, 0.25) is 0 Å². The molecule has 0 radical (unpaired) electrons. The molecule has 0 saturated heterocycles. The van der Waals surface area contributed by atoms with Crippen LogP contribution in [0.5, 0.6) is 0 Å². The Morgan fingerprint density at radius 2 is 1.80 bits per heavy atom. The van der Waals surface area contributed by atoms with Crippen molar-refractivity contribution in [2.24, 2.45) is 0 Å². The predicted molar refractivity (Wildman–Crippen MR) is 64.3 cm³/mol. The van der Waals surface area contributed by atoms with Gasteiger partial charge in [0, 0.05) is 25.8 Å². The molecule has 0 heterocycles. The van der Waals surface area contributed by atoms with Crippen LogP contribution >= 0.6 is 0 Å². The Morgan fingerprint density at radius 1 is 1.20 bits per heavy atom. The molecule has 0 aliphatic rings. The van der Waals surface area contributed by atoms with Crippen molar-refractivity contribution in [2.75, 3.05) is 20.3 Å². The minimum atomic E-state index is -0.0578. The maximum atomic E-state index is 5.40. The second kappa shape index (κ2) is 7.20. The van der Waals surface area contributed by atoms with E-state index < -0.39 is 0 Å². The Hall–Kier alpha value is -0.120. The molecule has 0 aliphatic heterocycles. The lowest BCUT2D eigenvalue weighted by Gasteiger charge is -2.28. The zero-order valence-corrected chi connectivity index (χ0v) is 11.1. The number of hydrogen-bond donors (Lipinski definition) is 1. The number of nitrogens with one attached hydrogen (secondary N) is 1. The molecule has 0 aromatic carbocycles. The summed E-state index contributed by atoms with van der Waals surface area (Å²) in [6.07, 6.45) is 1.000. The van der Waals surface area contributed by atoms with Crippen molar-refractivity contribution in [3.8, 4) is 0 Å². The molecule has 0 aromatic heterocycles. The Morgan fingerprint density at radius 3 is 2.27 bits per heavy atom. The lowest BCUT2D eigenvalue weighted by atomic mass is 9.99. The zero-order chi connectivity index (χ0) is 11.9. The average molecular weight is 217 g/mol. The minimum absolute atomic E-state index is 0.0578. The summed E-state index contributed by atoms with van der Waals surface area (Å²) < 4.78 is 10.8. The second-order valence-corrected chi connectivity index (χ2v) is 4.80. The molecule has 2 atom stereocenters. The van der Waals surface area contributed by atoms with Crippen LogP contribution in [-0.2, 0) is 9.47 Å². The first-order chi connectivity index (χ1) is 6.91. The van der Waals surface area contributed by atoms with Gasteiger partial charge < -0.3 is 14.8 Å². The van der Waals surface area contributed by atoms with E-state index in [2.05, 4.69) is 33.0 Å². The summed E-state index contributed by atoms with van der Waals surface area (Å²) in [7, 11) is 1.76. The first-order valence-corrected chi connectivity index (χ1v) is 5.80. The summed E-state index contributed by atoms with van der Waals surface area (Å²) in [6.45, 7) is 12.1. The summed E-state index contributed by atoms with van der Waals surface area (Å²) in [5.41, 5.74) is -0.0578. The largest absolute Gasteiger partial charge is 0.380 e. The van der Waals surface area contributed by atoms with E-state index in [4.69, 9.17) is 9.47 Å². The topological polar surface area (TPSA) is 30.5 Å². The summed E-state index contributed by atoms with van der Waals surface area (Å²) in [4.78, 5) is 0. The highest BCUT2D eigenvalue weighted by Crippen LogP contribution is 2.15. The van der Waals surface area contributed by atoms with Crippen molar-refractivity contribution in [3.63, 3.8) is 0 Å². The zero-order valence-electron chi connectivity index (χ0n) is 11.1. The molecular weight excluding hydrogens is 190 g/mol. The van der Waals surface area contributed by atoms with Crippen LogP contribution in [0, 0.1) is 0 Å². The molecule has 0 spiro atoms. The molecule has 0 saturated carbocycles. The maximum absolute atomic E-state index is 5.40. The number of hydrogen-bond acceptors (Lipinski definition) is 3. The smallest absolute Gasteiger partial charge is 0.0637 e. The van der Waals surface area contributed by atoms with Crippen molar-refractivity contribution >= 4 is 0 Å². The van der Waals surface area contributed by atoms with Crippen LogP contribution in [0.3, 0.4) is 0 Å². The first kappa shape index (κ1) is 14.9. The highest BCUT2D eigenvalue weighted by molar-refractivity contribution is 4.77. The third kappa shape index (κ3) is 7.77. The van der Waals surface area contributed by atoms with Gasteiger partial charge in [0.1, 0.15) is 0 Å². The molecule has 3 nitrogen and oxygen atoms in total. The van der Waals surface area contributed by atoms with Crippen molar-refractivity contribution < 1.29 is 9.47 Å². The molecule has 0 bridgehead atoms. The molecule has 1 N–H and O–H groups in total. The third-order valence-electron chi connectivity index (χ3n) is 2.49. The number of ether oxygens (including phenoxy) is 2. The van der Waals surface area contributed by atoms with E-state index in [1.165, 1.54) is 0 Å². The molecule has 0 rings (SSSR count). The number of rotatable bonds is 8. The predicted octanol–water partition coefficient (Wildman–Crippen LogP) is 2.20. The van der Waals surface area contributed by atoms with Gasteiger partial charge in [-0.15, -0.1) is 0 Å². The molecule has 2 unspecified atom stereocenters. The van der Waals surface area contributed by atoms with Gasteiger partial charge in [-0.2, -0.15) is 0 Å². The highest BCUT2D eigenvalue weighted by atomic mass is 16.5. The van der Waals surface area contributed by atoms with E-state index in [1.807, 2.05) is 6.92 Å². The Bertz CT molecular complexity index is 160. The summed E-state index contributed by atoms with van der Waals surface area (Å²) >= 11 is 0. The fraction of sp³-hybridized carbons (Fsp3) is 1.00. The van der Waals surface area contributed by atoms with Gasteiger partial charge in [0.05, 0.1) is 12.2 Å². The van der Waals surface area contributed by atoms with Gasteiger partial charge in [-0.05, 0) is 41.0 Å². The van der Waals surface area contributed by atoms with Crippen LogP contribution in [0.4, 0.5) is 0 Å². The van der Waals surface area contributed by atoms with Crippen LogP contribution in [0.15, 0.2) is 0 Å². The molecule has 3 heteroatoms. The van der Waals surface area contributed by atoms with Gasteiger partial charge in [0.2, 0.25) is 0 Å². The van der Waals surface area contributed by atoms with E-state index in [-0.39, 0.29) is 5.60 Å². The summed E-state index contributed by atoms with van der Waals surface area (Å²) in [6, 6.07) is 0.836. The van der Waals surface area contributed by atoms with Crippen LogP contribution < -0.4 is 5.32 Å². The van der Waals surface area contributed by atoms with Crippen molar-refractivity contribution in [1.82, 2.24) is 5.32 Å². The van der Waals surface area contributed by atoms with Crippen LogP contribution in [-0.4, -0.2) is 38.0 Å². The molecule has 92 valence electrons. The standard InChI is InChI=1S/C12H27NO2/c1-7-15-9-11(3)13-10(2)8-12(4,5)14-6/h10-11,13H,7-9H2,1-6H3. The Labute approximate surface area is 94.5 Å². The first-order valence-electron chi connectivity index (χ1n) is 5.80. The number of methoxy groups -OCH3 is 1. The van der Waals surface area contributed by atoms with E-state index in [0.717, 1.165) is 19.6 Å². The molecule has 0 amide bonds. The van der Waals surface area contributed by atoms with E-state index in [0.29, 0.717) is 12.1 Å². The summed E-state index contributed by atoms with van der Waals surface area (Å²) in [5.74, 6) is 0. The molecule has 0 aromatic rings. The SMILES string of the molecule is CCOCC(C)NC(C)CC(C)(C)OC. The van der Waals surface area contributed by atoms with E-state index in [1.54, 1.807) is 7.11 Å². The molecule has 0 aliphatic carbocycles. The summed E-state index contributed by atoms with van der Waals surface area (Å²) in [5, 5.41) is 3.50. The van der Waals surface area contributed by atoms with E-state index in [9.17, 15) is 0 Å². The fourth-order valence-corrected chi connectivity index (χ4v) is 1.71. The highest BCUT2D eigenvalue weighted by Gasteiger charge is 2.20. The molecule has 15 heavy (non-hydrogen) atoms. The van der Waals surface area contributed by atoms with Gasteiger partial charge >= 0.3 is 0 Å². The second-order valence-electron chi connectivity index (χ2n) is 4.80. The maximum Gasteiger partial charge on any atom is 0.0637 e. The van der Waals surface area contributed by atoms with Crippen LogP contribution in [0.1, 0.15) is 41.0 Å². The average Bonchev–Trinajstić information content (AvgIpc) is 2.13. The van der Waals surface area contributed by atoms with Gasteiger partial charge in [0.25, 0.3) is 0 Å². The third-order valence-corrected chi connectivity index (χ3v) is 2.49. The van der Waals surface area contributed by atoms with Gasteiger partial charge in [-0.3, -0.25) is 0 Å². The fourth-order valence-electron chi connectivity index (χ4n) is 1.71. The normalized spacial score (nSPS) is 16.4. The monoisotopic (exact) mass is 217 g/mol. The van der Waals surface area contributed by atoms with Crippen molar-refractivity contribution in [3.05, 3.63) is 0 Å². The minimum Gasteiger partial charge on any atom is -0.380 e. The van der Waals surface area contributed by atoms with Gasteiger partial charge in [0.15, 0.2) is 0 Å². The Kier molecular flexibility index (Phi) is 7.14. The quantitative estimate of drug-likeness (QED) is 0.676.